The van der Waals surface area contributed by atoms with Gasteiger partial charge in [0, 0.05) is 30.9 Å². The molecule has 1 fully saturated rings. The van der Waals surface area contributed by atoms with Gasteiger partial charge in [0.2, 0.25) is 0 Å². The Kier molecular flexibility index (Phi) is 3.22. The summed E-state index contributed by atoms with van der Waals surface area (Å²) in [6, 6.07) is 6.08. The topological polar surface area (TPSA) is 47.4 Å². The smallest absolute Gasteiger partial charge is 0.254 e. The number of hydrogen-bond acceptors (Lipinski definition) is 3. The summed E-state index contributed by atoms with van der Waals surface area (Å²) in [5, 5.41) is 4.24. The van der Waals surface area contributed by atoms with Crippen molar-refractivity contribution < 1.29 is 9.53 Å². The lowest BCUT2D eigenvalue weighted by atomic mass is 10.0. The number of fused-ring (bicyclic) bond motifs is 1. The third-order valence-corrected chi connectivity index (χ3v) is 4.59. The van der Waals surface area contributed by atoms with Crippen molar-refractivity contribution in [1.82, 2.24) is 14.7 Å². The van der Waals surface area contributed by atoms with E-state index in [9.17, 15) is 4.79 Å². The molecular weight excluding hydrogens is 278 g/mol. The summed E-state index contributed by atoms with van der Waals surface area (Å²) in [6.07, 6.45) is 5.92. The molecule has 5 nitrogen and oxygen atoms in total. The first-order valence-electron chi connectivity index (χ1n) is 7.71. The van der Waals surface area contributed by atoms with Crippen molar-refractivity contribution in [3.05, 3.63) is 52.8 Å². The highest BCUT2D eigenvalue weighted by Gasteiger charge is 2.31. The predicted molar refractivity (Wildman–Crippen MR) is 81.2 cm³/mol. The summed E-state index contributed by atoms with van der Waals surface area (Å²) < 4.78 is 7.23. The second-order valence-electron chi connectivity index (χ2n) is 6.08. The predicted octanol–water partition coefficient (Wildman–Crippen LogP) is 2.43. The molecule has 2 aromatic rings. The Labute approximate surface area is 129 Å². The lowest BCUT2D eigenvalue weighted by molar-refractivity contribution is 0.0735. The standard InChI is InChI=1S/C17H19N3O2/c1-19-9-15(8-18-19)16-3-2-6-20(16)17(21)12-4-5-13-10-22-11-14(13)7-12/h4-5,7-9,16H,2-3,6,10-11H2,1H3/t16-/m1/s1. The van der Waals surface area contributed by atoms with E-state index in [1.165, 1.54) is 5.56 Å². The number of aryl methyl sites for hydroxylation is 1. The van der Waals surface area contributed by atoms with Crippen LogP contribution in [0.3, 0.4) is 0 Å². The molecule has 3 heterocycles. The van der Waals surface area contributed by atoms with Gasteiger partial charge in [0.15, 0.2) is 0 Å². The van der Waals surface area contributed by atoms with Gasteiger partial charge >= 0.3 is 0 Å². The number of likely N-dealkylation sites (tertiary alicyclic amines) is 1. The number of amides is 1. The van der Waals surface area contributed by atoms with Crippen molar-refractivity contribution in [2.45, 2.75) is 32.1 Å². The summed E-state index contributed by atoms with van der Waals surface area (Å²) >= 11 is 0. The minimum absolute atomic E-state index is 0.112. The second kappa shape index (κ2) is 5.25. The molecule has 0 radical (unpaired) electrons. The van der Waals surface area contributed by atoms with E-state index in [0.29, 0.717) is 13.2 Å². The van der Waals surface area contributed by atoms with Crippen LogP contribution in [0.2, 0.25) is 0 Å². The molecule has 1 amide bonds. The monoisotopic (exact) mass is 297 g/mol. The molecule has 22 heavy (non-hydrogen) atoms. The fraction of sp³-hybridized carbons (Fsp3) is 0.412. The third-order valence-electron chi connectivity index (χ3n) is 4.59. The first-order valence-corrected chi connectivity index (χ1v) is 7.71. The fourth-order valence-corrected chi connectivity index (χ4v) is 3.44. The molecule has 0 spiro atoms. The van der Waals surface area contributed by atoms with Crippen LogP contribution in [-0.4, -0.2) is 27.1 Å². The van der Waals surface area contributed by atoms with Crippen molar-refractivity contribution in [2.24, 2.45) is 7.05 Å². The number of aromatic nitrogens is 2. The molecular formula is C17H19N3O2. The van der Waals surface area contributed by atoms with Crippen molar-refractivity contribution in [3.8, 4) is 0 Å². The van der Waals surface area contributed by atoms with E-state index in [1.807, 2.05) is 42.5 Å². The quantitative estimate of drug-likeness (QED) is 0.855. The number of benzene rings is 1. The molecule has 0 bridgehead atoms. The SMILES string of the molecule is Cn1cc([C@H]2CCCN2C(=O)c2ccc3c(c2)COC3)cn1. The summed E-state index contributed by atoms with van der Waals surface area (Å²) in [4.78, 5) is 14.9. The molecule has 0 N–H and O–H groups in total. The summed E-state index contributed by atoms with van der Waals surface area (Å²) in [7, 11) is 1.91. The number of carbonyl (C=O) groups excluding carboxylic acids is 1. The van der Waals surface area contributed by atoms with E-state index in [0.717, 1.165) is 36.1 Å². The van der Waals surface area contributed by atoms with Gasteiger partial charge in [-0.25, -0.2) is 0 Å². The number of nitrogens with zero attached hydrogens (tertiary/aromatic N) is 3. The zero-order valence-corrected chi connectivity index (χ0v) is 12.7. The van der Waals surface area contributed by atoms with Crippen LogP contribution < -0.4 is 0 Å². The molecule has 1 aromatic carbocycles. The van der Waals surface area contributed by atoms with Crippen LogP contribution in [-0.2, 0) is 25.0 Å². The number of rotatable bonds is 2. The van der Waals surface area contributed by atoms with Crippen LogP contribution >= 0.6 is 0 Å². The van der Waals surface area contributed by atoms with Gasteiger partial charge in [-0.2, -0.15) is 5.10 Å². The van der Waals surface area contributed by atoms with Crippen LogP contribution in [0.1, 0.15) is 45.9 Å². The molecule has 1 aromatic heterocycles. The van der Waals surface area contributed by atoms with Gasteiger partial charge in [0.1, 0.15) is 0 Å². The van der Waals surface area contributed by atoms with Crippen molar-refractivity contribution >= 4 is 5.91 Å². The second-order valence-corrected chi connectivity index (χ2v) is 6.08. The molecule has 0 saturated carbocycles. The van der Waals surface area contributed by atoms with Crippen molar-refractivity contribution in [2.75, 3.05) is 6.54 Å². The summed E-state index contributed by atoms with van der Waals surface area (Å²) in [5.74, 6) is 0.112. The van der Waals surface area contributed by atoms with Crippen LogP contribution in [0.25, 0.3) is 0 Å². The first kappa shape index (κ1) is 13.5. The van der Waals surface area contributed by atoms with Gasteiger partial charge < -0.3 is 9.64 Å². The zero-order valence-electron chi connectivity index (χ0n) is 12.7. The lowest BCUT2D eigenvalue weighted by Crippen LogP contribution is -2.30. The van der Waals surface area contributed by atoms with Gasteiger partial charge in [0.25, 0.3) is 5.91 Å². The van der Waals surface area contributed by atoms with Crippen LogP contribution in [0, 0.1) is 0 Å². The van der Waals surface area contributed by atoms with Crippen LogP contribution in [0.4, 0.5) is 0 Å². The van der Waals surface area contributed by atoms with Crippen molar-refractivity contribution in [1.29, 1.82) is 0 Å². The summed E-state index contributed by atoms with van der Waals surface area (Å²) in [6.45, 7) is 2.08. The van der Waals surface area contributed by atoms with Crippen molar-refractivity contribution in [3.63, 3.8) is 0 Å². The van der Waals surface area contributed by atoms with Gasteiger partial charge in [-0.05, 0) is 36.1 Å². The molecule has 114 valence electrons. The lowest BCUT2D eigenvalue weighted by Gasteiger charge is -2.24. The van der Waals surface area contributed by atoms with E-state index in [1.54, 1.807) is 4.68 Å². The maximum absolute atomic E-state index is 12.9. The normalized spacial score (nSPS) is 20.4. The highest BCUT2D eigenvalue weighted by atomic mass is 16.5. The van der Waals surface area contributed by atoms with E-state index in [4.69, 9.17) is 4.74 Å². The third kappa shape index (κ3) is 2.22. The average molecular weight is 297 g/mol. The van der Waals surface area contributed by atoms with Gasteiger partial charge in [-0.3, -0.25) is 9.48 Å². The van der Waals surface area contributed by atoms with E-state index in [-0.39, 0.29) is 11.9 Å². The molecule has 1 atom stereocenters. The fourth-order valence-electron chi connectivity index (χ4n) is 3.44. The van der Waals surface area contributed by atoms with Gasteiger partial charge in [-0.15, -0.1) is 0 Å². The largest absolute Gasteiger partial charge is 0.372 e. The van der Waals surface area contributed by atoms with E-state index < -0.39 is 0 Å². The zero-order chi connectivity index (χ0) is 15.1. The van der Waals surface area contributed by atoms with E-state index in [2.05, 4.69) is 5.10 Å². The minimum Gasteiger partial charge on any atom is -0.372 e. The minimum atomic E-state index is 0.112. The number of carbonyl (C=O) groups is 1. The Morgan fingerprint density at radius 2 is 2.18 bits per heavy atom. The molecule has 1 saturated heterocycles. The van der Waals surface area contributed by atoms with E-state index >= 15 is 0 Å². The Morgan fingerprint density at radius 1 is 1.32 bits per heavy atom. The molecule has 0 aliphatic carbocycles. The Balaban J connectivity index is 1.61. The first-order chi connectivity index (χ1) is 10.7. The van der Waals surface area contributed by atoms with Crippen LogP contribution in [0.5, 0.6) is 0 Å². The van der Waals surface area contributed by atoms with Gasteiger partial charge in [-0.1, -0.05) is 6.07 Å². The highest BCUT2D eigenvalue weighted by Crippen LogP contribution is 2.33. The molecule has 5 heteroatoms. The molecule has 4 rings (SSSR count). The molecule has 2 aliphatic rings. The Morgan fingerprint density at radius 3 is 3.00 bits per heavy atom. The average Bonchev–Trinajstić information content (AvgIpc) is 3.25. The maximum Gasteiger partial charge on any atom is 0.254 e. The highest BCUT2D eigenvalue weighted by molar-refractivity contribution is 5.95. The Hall–Kier alpha value is -2.14. The summed E-state index contributed by atoms with van der Waals surface area (Å²) in [5.41, 5.74) is 4.22. The number of hydrogen-bond donors (Lipinski definition) is 0. The molecule has 2 aliphatic heterocycles. The number of ether oxygens (including phenoxy) is 1. The maximum atomic E-state index is 12.9. The molecule has 0 unspecified atom stereocenters. The van der Waals surface area contributed by atoms with Crippen LogP contribution in [0.15, 0.2) is 30.6 Å². The Bertz CT molecular complexity index is 722. The van der Waals surface area contributed by atoms with Gasteiger partial charge in [0.05, 0.1) is 25.5 Å².